The van der Waals surface area contributed by atoms with Crippen molar-refractivity contribution in [2.75, 3.05) is 0 Å². The van der Waals surface area contributed by atoms with Crippen molar-refractivity contribution in [2.45, 2.75) is 19.5 Å². The zero-order valence-corrected chi connectivity index (χ0v) is 12.5. The van der Waals surface area contributed by atoms with Gasteiger partial charge in [0.2, 0.25) is 0 Å². The monoisotopic (exact) mass is 339 g/mol. The summed E-state index contributed by atoms with van der Waals surface area (Å²) < 4.78 is 14.4. The summed E-state index contributed by atoms with van der Waals surface area (Å²) in [5.41, 5.74) is 1.20. The number of halogens is 2. The summed E-state index contributed by atoms with van der Waals surface area (Å²) in [6.45, 7) is 2.20. The molecule has 2 rings (SSSR count). The van der Waals surface area contributed by atoms with Crippen LogP contribution in [0, 0.1) is 5.82 Å². The van der Waals surface area contributed by atoms with Crippen LogP contribution in [0.25, 0.3) is 0 Å². The minimum absolute atomic E-state index is 0.0106. The average Bonchev–Trinajstić information content (AvgIpc) is 2.39. The van der Waals surface area contributed by atoms with Crippen LogP contribution in [-0.4, -0.2) is 10.2 Å². The first-order valence-corrected chi connectivity index (χ1v) is 6.96. The normalized spacial score (nSPS) is 12.3. The predicted octanol–water partition coefficient (Wildman–Crippen LogP) is 3.85. The highest BCUT2D eigenvalue weighted by Crippen LogP contribution is 2.28. The standard InChI is InChI=1S/C15H15BrFNO2/c1-9(13-4-3-12(19)7-15(13)20)18-8-10-6-11(16)2-5-14(10)17/h2-7,9,18-20H,8H2,1H3. The van der Waals surface area contributed by atoms with Crippen LogP contribution in [-0.2, 0) is 6.54 Å². The molecule has 2 aromatic carbocycles. The van der Waals surface area contributed by atoms with E-state index in [4.69, 9.17) is 0 Å². The first-order valence-electron chi connectivity index (χ1n) is 6.16. The van der Waals surface area contributed by atoms with E-state index in [2.05, 4.69) is 21.2 Å². The summed E-state index contributed by atoms with van der Waals surface area (Å²) in [6.07, 6.45) is 0. The minimum Gasteiger partial charge on any atom is -0.508 e. The van der Waals surface area contributed by atoms with E-state index in [-0.39, 0.29) is 23.4 Å². The molecule has 0 saturated heterocycles. The molecule has 0 aromatic heterocycles. The zero-order chi connectivity index (χ0) is 14.7. The second-order valence-corrected chi connectivity index (χ2v) is 5.50. The summed E-state index contributed by atoms with van der Waals surface area (Å²) in [6, 6.07) is 9.03. The fourth-order valence-corrected chi connectivity index (χ4v) is 2.36. The van der Waals surface area contributed by atoms with Gasteiger partial charge < -0.3 is 15.5 Å². The third kappa shape index (κ3) is 3.49. The van der Waals surface area contributed by atoms with Gasteiger partial charge in [-0.3, -0.25) is 0 Å². The SMILES string of the molecule is CC(NCc1cc(Br)ccc1F)c1ccc(O)cc1O. The Balaban J connectivity index is 2.08. The third-order valence-electron chi connectivity index (χ3n) is 3.09. The van der Waals surface area contributed by atoms with Crippen LogP contribution in [0.15, 0.2) is 40.9 Å². The van der Waals surface area contributed by atoms with Gasteiger partial charge in [0.05, 0.1) is 0 Å². The Morgan fingerprint density at radius 3 is 2.65 bits per heavy atom. The van der Waals surface area contributed by atoms with Crippen molar-refractivity contribution in [3.05, 3.63) is 57.8 Å². The number of aromatic hydroxyl groups is 2. The summed E-state index contributed by atoms with van der Waals surface area (Å²) in [5, 5.41) is 22.2. The lowest BCUT2D eigenvalue weighted by Gasteiger charge is -2.16. The molecular formula is C15H15BrFNO2. The van der Waals surface area contributed by atoms with E-state index in [1.165, 1.54) is 18.2 Å². The number of phenolic OH excluding ortho intramolecular Hbond substituents is 2. The quantitative estimate of drug-likeness (QED) is 0.792. The van der Waals surface area contributed by atoms with Gasteiger partial charge in [-0.15, -0.1) is 0 Å². The largest absolute Gasteiger partial charge is 0.508 e. The summed E-state index contributed by atoms with van der Waals surface area (Å²) in [7, 11) is 0. The van der Waals surface area contributed by atoms with Crippen LogP contribution in [0.1, 0.15) is 24.1 Å². The van der Waals surface area contributed by atoms with Crippen LogP contribution >= 0.6 is 15.9 Å². The molecule has 2 aromatic rings. The predicted molar refractivity (Wildman–Crippen MR) is 79.1 cm³/mol. The molecule has 1 atom stereocenters. The van der Waals surface area contributed by atoms with Gasteiger partial charge in [-0.05, 0) is 31.2 Å². The van der Waals surface area contributed by atoms with Crippen LogP contribution in [0.4, 0.5) is 4.39 Å². The topological polar surface area (TPSA) is 52.5 Å². The molecule has 0 radical (unpaired) electrons. The molecule has 0 fully saturated rings. The van der Waals surface area contributed by atoms with Crippen molar-refractivity contribution in [3.8, 4) is 11.5 Å². The smallest absolute Gasteiger partial charge is 0.127 e. The van der Waals surface area contributed by atoms with Crippen molar-refractivity contribution in [2.24, 2.45) is 0 Å². The van der Waals surface area contributed by atoms with E-state index in [1.807, 2.05) is 6.92 Å². The van der Waals surface area contributed by atoms with E-state index in [0.717, 1.165) is 4.47 Å². The number of nitrogens with one attached hydrogen (secondary N) is 1. The molecule has 5 heteroatoms. The molecule has 106 valence electrons. The fourth-order valence-electron chi connectivity index (χ4n) is 1.95. The van der Waals surface area contributed by atoms with E-state index in [1.54, 1.807) is 18.2 Å². The average molecular weight is 340 g/mol. The maximum absolute atomic E-state index is 13.6. The minimum atomic E-state index is -0.275. The van der Waals surface area contributed by atoms with Gasteiger partial charge in [-0.25, -0.2) is 4.39 Å². The fraction of sp³-hybridized carbons (Fsp3) is 0.200. The van der Waals surface area contributed by atoms with E-state index in [0.29, 0.717) is 17.7 Å². The van der Waals surface area contributed by atoms with E-state index in [9.17, 15) is 14.6 Å². The Hall–Kier alpha value is -1.59. The summed E-state index contributed by atoms with van der Waals surface area (Å²) >= 11 is 3.31. The van der Waals surface area contributed by atoms with Gasteiger partial charge in [0.1, 0.15) is 17.3 Å². The zero-order valence-electron chi connectivity index (χ0n) is 10.9. The first kappa shape index (κ1) is 14.8. The lowest BCUT2D eigenvalue weighted by atomic mass is 10.1. The highest BCUT2D eigenvalue weighted by Gasteiger charge is 2.11. The van der Waals surface area contributed by atoms with Crippen LogP contribution in [0.2, 0.25) is 0 Å². The Labute approximate surface area is 125 Å². The molecule has 0 bridgehead atoms. The molecule has 0 aliphatic rings. The Bertz CT molecular complexity index is 619. The molecule has 0 amide bonds. The Kier molecular flexibility index (Phi) is 4.62. The van der Waals surface area contributed by atoms with Crippen LogP contribution < -0.4 is 5.32 Å². The van der Waals surface area contributed by atoms with Crippen molar-refractivity contribution in [1.82, 2.24) is 5.32 Å². The number of hydrogen-bond acceptors (Lipinski definition) is 3. The van der Waals surface area contributed by atoms with E-state index >= 15 is 0 Å². The molecule has 0 aliphatic carbocycles. The maximum Gasteiger partial charge on any atom is 0.127 e. The van der Waals surface area contributed by atoms with Gasteiger partial charge in [-0.1, -0.05) is 22.0 Å². The lowest BCUT2D eigenvalue weighted by Crippen LogP contribution is -2.18. The maximum atomic E-state index is 13.6. The highest BCUT2D eigenvalue weighted by atomic mass is 79.9. The van der Waals surface area contributed by atoms with Crippen molar-refractivity contribution < 1.29 is 14.6 Å². The van der Waals surface area contributed by atoms with Crippen LogP contribution in [0.5, 0.6) is 11.5 Å². The van der Waals surface area contributed by atoms with E-state index < -0.39 is 0 Å². The number of phenols is 2. The van der Waals surface area contributed by atoms with Crippen molar-refractivity contribution in [1.29, 1.82) is 0 Å². The molecular weight excluding hydrogens is 325 g/mol. The molecule has 1 unspecified atom stereocenters. The summed E-state index contributed by atoms with van der Waals surface area (Å²) in [5.74, 6) is -0.251. The molecule has 0 saturated carbocycles. The first-order chi connectivity index (χ1) is 9.47. The molecule has 0 spiro atoms. The Morgan fingerprint density at radius 1 is 1.20 bits per heavy atom. The van der Waals surface area contributed by atoms with Gasteiger partial charge in [-0.2, -0.15) is 0 Å². The number of benzene rings is 2. The number of rotatable bonds is 4. The van der Waals surface area contributed by atoms with Gasteiger partial charge in [0.25, 0.3) is 0 Å². The van der Waals surface area contributed by atoms with Gasteiger partial charge >= 0.3 is 0 Å². The second-order valence-electron chi connectivity index (χ2n) is 4.58. The second kappa shape index (κ2) is 6.24. The highest BCUT2D eigenvalue weighted by molar-refractivity contribution is 9.10. The molecule has 20 heavy (non-hydrogen) atoms. The third-order valence-corrected chi connectivity index (χ3v) is 3.58. The Morgan fingerprint density at radius 2 is 1.95 bits per heavy atom. The molecule has 0 aliphatic heterocycles. The van der Waals surface area contributed by atoms with Gasteiger partial charge in [0, 0.05) is 34.3 Å². The lowest BCUT2D eigenvalue weighted by molar-refractivity contribution is 0.435. The molecule has 3 N–H and O–H groups in total. The van der Waals surface area contributed by atoms with Gasteiger partial charge in [0.15, 0.2) is 0 Å². The molecule has 0 heterocycles. The molecule has 3 nitrogen and oxygen atoms in total. The van der Waals surface area contributed by atoms with Crippen molar-refractivity contribution in [3.63, 3.8) is 0 Å². The van der Waals surface area contributed by atoms with Crippen LogP contribution in [0.3, 0.4) is 0 Å². The summed E-state index contributed by atoms with van der Waals surface area (Å²) in [4.78, 5) is 0. The van der Waals surface area contributed by atoms with Crippen molar-refractivity contribution >= 4 is 15.9 Å². The number of hydrogen-bond donors (Lipinski definition) is 3.